The molecule has 0 aliphatic heterocycles. The largest absolute Gasteiger partial charge is 0.484 e. The van der Waals surface area contributed by atoms with Gasteiger partial charge in [0.25, 0.3) is 11.6 Å². The number of rotatable bonds is 9. The lowest BCUT2D eigenvalue weighted by Gasteiger charge is -2.15. The normalized spacial score (nSPS) is 12.1. The van der Waals surface area contributed by atoms with Crippen molar-refractivity contribution >= 4 is 27.3 Å². The standard InChI is InChI=1S/C23H23N3O6S/c1-16-21(9-6-10-22(16)26(28)29)24-23(27)15-32-19-11-13-20(14-12-19)33(30,31)25-17(2)18-7-4-3-5-8-18/h3-14,17,25H,15H2,1-2H3,(H,24,27)/t17-/m1/s1. The van der Waals surface area contributed by atoms with E-state index in [-0.39, 0.29) is 17.2 Å². The number of nitrogens with zero attached hydrogens (tertiary/aromatic N) is 1. The number of anilines is 1. The molecule has 10 heteroatoms. The van der Waals surface area contributed by atoms with E-state index < -0.39 is 26.9 Å². The second kappa shape index (κ2) is 10.2. The van der Waals surface area contributed by atoms with Crippen molar-refractivity contribution in [3.8, 4) is 5.75 Å². The molecule has 0 aromatic heterocycles. The first kappa shape index (κ1) is 23.9. The Labute approximate surface area is 191 Å². The average Bonchev–Trinajstić information content (AvgIpc) is 2.79. The number of nitro groups is 1. The number of ether oxygens (including phenoxy) is 1. The van der Waals surface area contributed by atoms with Crippen LogP contribution in [0.5, 0.6) is 5.75 Å². The van der Waals surface area contributed by atoms with Gasteiger partial charge in [0.2, 0.25) is 10.0 Å². The Hall–Kier alpha value is -3.76. The van der Waals surface area contributed by atoms with Gasteiger partial charge in [-0.3, -0.25) is 14.9 Å². The molecule has 0 aliphatic rings. The van der Waals surface area contributed by atoms with Crippen LogP contribution in [-0.2, 0) is 14.8 Å². The minimum atomic E-state index is -3.75. The fourth-order valence-electron chi connectivity index (χ4n) is 3.12. The minimum Gasteiger partial charge on any atom is -0.484 e. The lowest BCUT2D eigenvalue weighted by Crippen LogP contribution is -2.26. The molecule has 0 unspecified atom stereocenters. The van der Waals surface area contributed by atoms with Crippen molar-refractivity contribution in [2.24, 2.45) is 0 Å². The smallest absolute Gasteiger partial charge is 0.274 e. The molecule has 2 N–H and O–H groups in total. The van der Waals surface area contributed by atoms with Crippen molar-refractivity contribution in [2.75, 3.05) is 11.9 Å². The molecule has 33 heavy (non-hydrogen) atoms. The van der Waals surface area contributed by atoms with Gasteiger partial charge in [0.1, 0.15) is 5.75 Å². The SMILES string of the molecule is Cc1c(NC(=O)COc2ccc(S(=O)(=O)N[C@H](C)c3ccccc3)cc2)cccc1[N+](=O)[O-]. The summed E-state index contributed by atoms with van der Waals surface area (Å²) < 4.78 is 33.3. The van der Waals surface area contributed by atoms with Gasteiger partial charge in [-0.25, -0.2) is 13.1 Å². The topological polar surface area (TPSA) is 128 Å². The second-order valence-corrected chi connectivity index (χ2v) is 8.98. The first-order valence-corrected chi connectivity index (χ1v) is 11.5. The number of hydrogen-bond acceptors (Lipinski definition) is 6. The van der Waals surface area contributed by atoms with Crippen LogP contribution >= 0.6 is 0 Å². The number of nitrogens with one attached hydrogen (secondary N) is 2. The quantitative estimate of drug-likeness (QED) is 0.361. The molecule has 0 saturated carbocycles. The summed E-state index contributed by atoms with van der Waals surface area (Å²) in [5.41, 5.74) is 1.40. The van der Waals surface area contributed by atoms with Gasteiger partial charge in [-0.15, -0.1) is 0 Å². The summed E-state index contributed by atoms with van der Waals surface area (Å²) in [4.78, 5) is 22.8. The van der Waals surface area contributed by atoms with Crippen molar-refractivity contribution in [1.82, 2.24) is 4.72 Å². The highest BCUT2D eigenvalue weighted by Gasteiger charge is 2.19. The molecule has 0 bridgehead atoms. The van der Waals surface area contributed by atoms with Crippen LogP contribution in [0.25, 0.3) is 0 Å². The summed E-state index contributed by atoms with van der Waals surface area (Å²) in [5.74, 6) is -0.204. The zero-order valence-corrected chi connectivity index (χ0v) is 18.8. The van der Waals surface area contributed by atoms with E-state index in [4.69, 9.17) is 4.74 Å². The molecule has 0 heterocycles. The van der Waals surface area contributed by atoms with Crippen LogP contribution in [0, 0.1) is 17.0 Å². The monoisotopic (exact) mass is 469 g/mol. The molecule has 3 aromatic carbocycles. The number of sulfonamides is 1. The van der Waals surface area contributed by atoms with E-state index in [9.17, 15) is 23.3 Å². The molecular formula is C23H23N3O6S. The number of hydrogen-bond donors (Lipinski definition) is 2. The van der Waals surface area contributed by atoms with Gasteiger partial charge in [0, 0.05) is 12.1 Å². The van der Waals surface area contributed by atoms with Gasteiger partial charge in [-0.2, -0.15) is 0 Å². The van der Waals surface area contributed by atoms with E-state index in [1.54, 1.807) is 19.9 Å². The predicted molar refractivity (Wildman–Crippen MR) is 124 cm³/mol. The van der Waals surface area contributed by atoms with Gasteiger partial charge < -0.3 is 10.1 Å². The van der Waals surface area contributed by atoms with E-state index in [1.807, 2.05) is 30.3 Å². The Bertz CT molecular complexity index is 1240. The molecule has 1 amide bonds. The lowest BCUT2D eigenvalue weighted by molar-refractivity contribution is -0.385. The summed E-state index contributed by atoms with van der Waals surface area (Å²) in [5, 5.41) is 13.6. The van der Waals surface area contributed by atoms with E-state index in [1.165, 1.54) is 36.4 Å². The van der Waals surface area contributed by atoms with Crippen LogP contribution in [0.1, 0.15) is 24.1 Å². The van der Waals surface area contributed by atoms with Crippen LogP contribution in [-0.4, -0.2) is 25.9 Å². The van der Waals surface area contributed by atoms with Gasteiger partial charge in [-0.05, 0) is 49.7 Å². The molecular weight excluding hydrogens is 446 g/mol. The molecule has 0 aliphatic carbocycles. The molecule has 3 rings (SSSR count). The number of amides is 1. The summed E-state index contributed by atoms with van der Waals surface area (Å²) >= 11 is 0. The molecule has 172 valence electrons. The number of nitro benzene ring substituents is 1. The highest BCUT2D eigenvalue weighted by Crippen LogP contribution is 2.25. The average molecular weight is 470 g/mol. The fraction of sp³-hybridized carbons (Fsp3) is 0.174. The minimum absolute atomic E-state index is 0.0642. The second-order valence-electron chi connectivity index (χ2n) is 7.27. The Morgan fingerprint density at radius 2 is 1.70 bits per heavy atom. The zero-order chi connectivity index (χ0) is 24.0. The van der Waals surface area contributed by atoms with Crippen LogP contribution in [0.15, 0.2) is 77.7 Å². The number of carbonyl (C=O) groups excluding carboxylic acids is 1. The summed E-state index contributed by atoms with van der Waals surface area (Å²) in [6.07, 6.45) is 0. The summed E-state index contributed by atoms with van der Waals surface area (Å²) in [6.45, 7) is 2.95. The van der Waals surface area contributed by atoms with Crippen molar-refractivity contribution < 1.29 is 22.9 Å². The Morgan fingerprint density at radius 1 is 1.03 bits per heavy atom. The maximum Gasteiger partial charge on any atom is 0.274 e. The van der Waals surface area contributed by atoms with Crippen LogP contribution in [0.4, 0.5) is 11.4 Å². The lowest BCUT2D eigenvalue weighted by atomic mass is 10.1. The van der Waals surface area contributed by atoms with Crippen molar-refractivity contribution in [3.63, 3.8) is 0 Å². The van der Waals surface area contributed by atoms with Crippen LogP contribution in [0.2, 0.25) is 0 Å². The molecule has 3 aromatic rings. The molecule has 9 nitrogen and oxygen atoms in total. The Kier molecular flexibility index (Phi) is 7.41. The first-order chi connectivity index (χ1) is 15.7. The predicted octanol–water partition coefficient (Wildman–Crippen LogP) is 3.96. The van der Waals surface area contributed by atoms with E-state index in [0.29, 0.717) is 17.0 Å². The van der Waals surface area contributed by atoms with Crippen molar-refractivity contribution in [1.29, 1.82) is 0 Å². The van der Waals surface area contributed by atoms with Crippen molar-refractivity contribution in [2.45, 2.75) is 24.8 Å². The Morgan fingerprint density at radius 3 is 2.33 bits per heavy atom. The summed E-state index contributed by atoms with van der Waals surface area (Å²) in [6, 6.07) is 18.9. The number of benzene rings is 3. The molecule has 0 radical (unpaired) electrons. The van der Waals surface area contributed by atoms with E-state index in [0.717, 1.165) is 5.56 Å². The van der Waals surface area contributed by atoms with Gasteiger partial charge in [0.15, 0.2) is 6.61 Å². The first-order valence-electron chi connectivity index (χ1n) is 10.0. The van der Waals surface area contributed by atoms with Gasteiger partial charge in [-0.1, -0.05) is 36.4 Å². The van der Waals surface area contributed by atoms with Crippen LogP contribution in [0.3, 0.4) is 0 Å². The van der Waals surface area contributed by atoms with Gasteiger partial charge >= 0.3 is 0 Å². The highest BCUT2D eigenvalue weighted by molar-refractivity contribution is 7.89. The molecule has 1 atom stereocenters. The molecule has 0 fully saturated rings. The third-order valence-electron chi connectivity index (χ3n) is 4.91. The third kappa shape index (κ3) is 6.15. The highest BCUT2D eigenvalue weighted by atomic mass is 32.2. The molecule has 0 spiro atoms. The maximum atomic E-state index is 12.6. The Balaban J connectivity index is 1.59. The van der Waals surface area contributed by atoms with E-state index in [2.05, 4.69) is 10.0 Å². The zero-order valence-electron chi connectivity index (χ0n) is 18.0. The fourth-order valence-corrected chi connectivity index (χ4v) is 4.35. The van der Waals surface area contributed by atoms with Gasteiger partial charge in [0.05, 0.1) is 21.1 Å². The third-order valence-corrected chi connectivity index (χ3v) is 6.47. The maximum absolute atomic E-state index is 12.6. The summed E-state index contributed by atoms with van der Waals surface area (Å²) in [7, 11) is -3.75. The van der Waals surface area contributed by atoms with Crippen LogP contribution < -0.4 is 14.8 Å². The number of carbonyl (C=O) groups is 1. The molecule has 0 saturated heterocycles. The van der Waals surface area contributed by atoms with E-state index >= 15 is 0 Å². The van der Waals surface area contributed by atoms with Crippen molar-refractivity contribution in [3.05, 3.63) is 94.0 Å².